The fraction of sp³-hybridized carbons (Fsp3) is 0.357. The number of H-pyrrole nitrogens is 1. The van der Waals surface area contributed by atoms with Gasteiger partial charge in [-0.3, -0.25) is 9.89 Å². The van der Waals surface area contributed by atoms with Crippen molar-refractivity contribution in [2.24, 2.45) is 0 Å². The Morgan fingerprint density at radius 3 is 3.05 bits per heavy atom. The largest absolute Gasteiger partial charge is 0.352 e. The quantitative estimate of drug-likeness (QED) is 0.865. The maximum Gasteiger partial charge on any atom is 0.251 e. The standard InChI is InChI=1S/C14H16N4O/c19-14(15-7-6-13-16-9-17-18-13)12-5-4-10-2-1-3-11(10)8-12/h4-5,8-9H,1-3,6-7H2,(H,15,19)(H,16,17,18). The third-order valence-electron chi connectivity index (χ3n) is 3.47. The van der Waals surface area contributed by atoms with Crippen molar-refractivity contribution in [3.8, 4) is 0 Å². The molecule has 1 aliphatic carbocycles. The summed E-state index contributed by atoms with van der Waals surface area (Å²) in [6, 6.07) is 6.01. The molecule has 0 unspecified atom stereocenters. The van der Waals surface area contributed by atoms with Gasteiger partial charge in [0.2, 0.25) is 0 Å². The van der Waals surface area contributed by atoms with E-state index in [4.69, 9.17) is 0 Å². The minimum atomic E-state index is -0.0192. The molecule has 5 heteroatoms. The van der Waals surface area contributed by atoms with E-state index in [9.17, 15) is 4.79 Å². The smallest absolute Gasteiger partial charge is 0.251 e. The van der Waals surface area contributed by atoms with Gasteiger partial charge in [-0.25, -0.2) is 4.98 Å². The number of hydrogen-bond donors (Lipinski definition) is 2. The molecule has 5 nitrogen and oxygen atoms in total. The third kappa shape index (κ3) is 2.65. The number of nitrogens with one attached hydrogen (secondary N) is 2. The van der Waals surface area contributed by atoms with Gasteiger partial charge in [-0.05, 0) is 42.5 Å². The zero-order valence-electron chi connectivity index (χ0n) is 10.6. The summed E-state index contributed by atoms with van der Waals surface area (Å²) < 4.78 is 0. The SMILES string of the molecule is O=C(NCCc1ncn[nH]1)c1ccc2c(c1)CCC2. The van der Waals surface area contributed by atoms with E-state index < -0.39 is 0 Å². The minimum Gasteiger partial charge on any atom is -0.352 e. The van der Waals surface area contributed by atoms with Crippen molar-refractivity contribution in [3.63, 3.8) is 0 Å². The monoisotopic (exact) mass is 256 g/mol. The Kier molecular flexibility index (Phi) is 3.27. The number of amides is 1. The molecule has 0 aliphatic heterocycles. The second kappa shape index (κ2) is 5.22. The maximum atomic E-state index is 12.0. The van der Waals surface area contributed by atoms with E-state index in [1.807, 2.05) is 12.1 Å². The van der Waals surface area contributed by atoms with E-state index in [2.05, 4.69) is 26.6 Å². The van der Waals surface area contributed by atoms with Crippen molar-refractivity contribution < 1.29 is 4.79 Å². The predicted octanol–water partition coefficient (Wildman–Crippen LogP) is 1.27. The Morgan fingerprint density at radius 1 is 1.32 bits per heavy atom. The first kappa shape index (κ1) is 11.9. The Balaban J connectivity index is 1.58. The van der Waals surface area contributed by atoms with Crippen LogP contribution < -0.4 is 5.32 Å². The average Bonchev–Trinajstić information content (AvgIpc) is 3.08. The Labute approximate surface area is 111 Å². The number of carbonyl (C=O) groups is 1. The van der Waals surface area contributed by atoms with Crippen LogP contribution in [0.1, 0.15) is 33.7 Å². The lowest BCUT2D eigenvalue weighted by molar-refractivity contribution is 0.0954. The molecule has 1 aromatic carbocycles. The predicted molar refractivity (Wildman–Crippen MR) is 70.9 cm³/mol. The second-order valence-electron chi connectivity index (χ2n) is 4.78. The average molecular weight is 256 g/mol. The number of hydrogen-bond acceptors (Lipinski definition) is 3. The lowest BCUT2D eigenvalue weighted by atomic mass is 10.1. The van der Waals surface area contributed by atoms with Crippen LogP contribution in [0, 0.1) is 0 Å². The van der Waals surface area contributed by atoms with Crippen LogP contribution >= 0.6 is 0 Å². The molecule has 0 atom stereocenters. The Bertz CT molecular complexity index is 577. The van der Waals surface area contributed by atoms with Crippen LogP contribution in [0.3, 0.4) is 0 Å². The van der Waals surface area contributed by atoms with Crippen LogP contribution in [0.4, 0.5) is 0 Å². The minimum absolute atomic E-state index is 0.0192. The molecule has 1 aromatic heterocycles. The van der Waals surface area contributed by atoms with Crippen LogP contribution in [0.2, 0.25) is 0 Å². The highest BCUT2D eigenvalue weighted by Crippen LogP contribution is 2.22. The molecular formula is C14H16N4O. The second-order valence-corrected chi connectivity index (χ2v) is 4.78. The number of benzene rings is 1. The van der Waals surface area contributed by atoms with E-state index in [1.54, 1.807) is 0 Å². The molecule has 0 radical (unpaired) electrons. The molecule has 0 bridgehead atoms. The molecule has 2 N–H and O–H groups in total. The van der Waals surface area contributed by atoms with Crippen molar-refractivity contribution in [3.05, 3.63) is 47.0 Å². The van der Waals surface area contributed by atoms with Crippen molar-refractivity contribution in [1.82, 2.24) is 20.5 Å². The highest BCUT2D eigenvalue weighted by molar-refractivity contribution is 5.94. The molecule has 3 rings (SSSR count). The summed E-state index contributed by atoms with van der Waals surface area (Å²) in [7, 11) is 0. The Morgan fingerprint density at radius 2 is 2.21 bits per heavy atom. The van der Waals surface area contributed by atoms with Crippen molar-refractivity contribution >= 4 is 5.91 Å². The first-order valence-electron chi connectivity index (χ1n) is 6.57. The molecule has 0 spiro atoms. The van der Waals surface area contributed by atoms with Crippen LogP contribution in [0.25, 0.3) is 0 Å². The Hall–Kier alpha value is -2.17. The van der Waals surface area contributed by atoms with Crippen LogP contribution in [-0.4, -0.2) is 27.6 Å². The third-order valence-corrected chi connectivity index (χ3v) is 3.47. The molecule has 0 saturated heterocycles. The summed E-state index contributed by atoms with van der Waals surface area (Å²) in [6.07, 6.45) is 5.57. The van der Waals surface area contributed by atoms with Gasteiger partial charge in [-0.15, -0.1) is 0 Å². The van der Waals surface area contributed by atoms with Gasteiger partial charge >= 0.3 is 0 Å². The summed E-state index contributed by atoms with van der Waals surface area (Å²) in [5.41, 5.74) is 3.46. The van der Waals surface area contributed by atoms with Crippen molar-refractivity contribution in [2.75, 3.05) is 6.54 Å². The fourth-order valence-electron chi connectivity index (χ4n) is 2.46. The van der Waals surface area contributed by atoms with Gasteiger partial charge in [0.05, 0.1) is 0 Å². The van der Waals surface area contributed by atoms with E-state index >= 15 is 0 Å². The van der Waals surface area contributed by atoms with Crippen molar-refractivity contribution in [2.45, 2.75) is 25.7 Å². The number of aromatic amines is 1. The van der Waals surface area contributed by atoms with E-state index in [1.165, 1.54) is 23.9 Å². The lowest BCUT2D eigenvalue weighted by Crippen LogP contribution is -2.26. The molecule has 1 heterocycles. The van der Waals surface area contributed by atoms with Gasteiger partial charge in [-0.2, -0.15) is 5.10 Å². The molecule has 0 saturated carbocycles. The van der Waals surface area contributed by atoms with Gasteiger partial charge in [0, 0.05) is 18.5 Å². The van der Waals surface area contributed by atoms with Crippen LogP contribution in [0.15, 0.2) is 24.5 Å². The first-order chi connectivity index (χ1) is 9.33. The highest BCUT2D eigenvalue weighted by Gasteiger charge is 2.13. The van der Waals surface area contributed by atoms with Gasteiger partial charge in [0.1, 0.15) is 12.2 Å². The number of fused-ring (bicyclic) bond motifs is 1. The molecule has 2 aromatic rings. The molecule has 1 amide bonds. The number of rotatable bonds is 4. The normalized spacial score (nSPS) is 13.3. The summed E-state index contributed by atoms with van der Waals surface area (Å²) in [6.45, 7) is 0.561. The van der Waals surface area contributed by atoms with Gasteiger partial charge in [0.15, 0.2) is 0 Å². The fourth-order valence-corrected chi connectivity index (χ4v) is 2.46. The van der Waals surface area contributed by atoms with Gasteiger partial charge in [0.25, 0.3) is 5.91 Å². The first-order valence-corrected chi connectivity index (χ1v) is 6.57. The lowest BCUT2D eigenvalue weighted by Gasteiger charge is -2.06. The molecule has 19 heavy (non-hydrogen) atoms. The van der Waals surface area contributed by atoms with Crippen LogP contribution in [0.5, 0.6) is 0 Å². The summed E-state index contributed by atoms with van der Waals surface area (Å²) in [4.78, 5) is 16.0. The van der Waals surface area contributed by atoms with Crippen LogP contribution in [-0.2, 0) is 19.3 Å². The maximum absolute atomic E-state index is 12.0. The van der Waals surface area contributed by atoms with E-state index in [0.29, 0.717) is 13.0 Å². The molecule has 0 fully saturated rings. The summed E-state index contributed by atoms with van der Waals surface area (Å²) >= 11 is 0. The molecular weight excluding hydrogens is 240 g/mol. The summed E-state index contributed by atoms with van der Waals surface area (Å²) in [5, 5.41) is 9.44. The van der Waals surface area contributed by atoms with Crippen molar-refractivity contribution in [1.29, 1.82) is 0 Å². The number of nitrogens with zero attached hydrogens (tertiary/aromatic N) is 2. The number of aromatic nitrogens is 3. The summed E-state index contributed by atoms with van der Waals surface area (Å²) in [5.74, 6) is 0.767. The van der Waals surface area contributed by atoms with Gasteiger partial charge < -0.3 is 5.32 Å². The van der Waals surface area contributed by atoms with E-state index in [-0.39, 0.29) is 5.91 Å². The number of carbonyl (C=O) groups excluding carboxylic acids is 1. The number of aryl methyl sites for hydroxylation is 2. The zero-order valence-corrected chi connectivity index (χ0v) is 10.6. The topological polar surface area (TPSA) is 70.7 Å². The molecule has 98 valence electrons. The molecule has 1 aliphatic rings. The zero-order chi connectivity index (χ0) is 13.1. The highest BCUT2D eigenvalue weighted by atomic mass is 16.1. The van der Waals surface area contributed by atoms with E-state index in [0.717, 1.165) is 24.2 Å². The van der Waals surface area contributed by atoms with Gasteiger partial charge in [-0.1, -0.05) is 6.07 Å².